The molecule has 10 heteroatoms. The summed E-state index contributed by atoms with van der Waals surface area (Å²) in [4.78, 5) is 11.6. The Hall–Kier alpha value is -1.65. The number of carbonyl (C=O) groups excluding carboxylic acids is 1. The molecule has 1 aliphatic heterocycles. The minimum Gasteiger partial charge on any atom is -0.343 e. The van der Waals surface area contributed by atoms with Crippen LogP contribution >= 0.6 is 0 Å². The summed E-state index contributed by atoms with van der Waals surface area (Å²) in [6.45, 7) is 1.63. The van der Waals surface area contributed by atoms with E-state index < -0.39 is 28.7 Å². The highest BCUT2D eigenvalue weighted by molar-refractivity contribution is 7.89. The lowest BCUT2D eigenvalue weighted by molar-refractivity contribution is -0.123. The predicted octanol–water partition coefficient (Wildman–Crippen LogP) is 0.961. The van der Waals surface area contributed by atoms with Gasteiger partial charge in [-0.2, -0.15) is 17.5 Å². The first-order valence-electron chi connectivity index (χ1n) is 7.28. The highest BCUT2D eigenvalue weighted by atomic mass is 32.2. The first kappa shape index (κ1) is 18.7. The first-order valence-corrected chi connectivity index (χ1v) is 8.72. The zero-order valence-electron chi connectivity index (χ0n) is 12.9. The van der Waals surface area contributed by atoms with Gasteiger partial charge >= 0.3 is 6.18 Å². The molecule has 2 N–H and O–H groups in total. The van der Waals surface area contributed by atoms with Gasteiger partial charge in [-0.05, 0) is 31.2 Å². The molecule has 0 aromatic heterocycles. The van der Waals surface area contributed by atoms with E-state index in [1.165, 1.54) is 28.6 Å². The van der Waals surface area contributed by atoms with Gasteiger partial charge in [-0.25, -0.2) is 8.42 Å². The molecule has 0 aliphatic carbocycles. The summed E-state index contributed by atoms with van der Waals surface area (Å²) in [5.74, 6) is -0.910. The number of halogens is 3. The Balaban J connectivity index is 2.09. The molecule has 1 heterocycles. The molecule has 2 rings (SSSR count). The summed E-state index contributed by atoms with van der Waals surface area (Å²) < 4.78 is 62.6. The van der Waals surface area contributed by atoms with Gasteiger partial charge in [-0.3, -0.25) is 4.79 Å². The zero-order valence-corrected chi connectivity index (χ0v) is 13.7. The molecule has 1 atom stereocenters. The Labute approximate surface area is 138 Å². The van der Waals surface area contributed by atoms with E-state index >= 15 is 0 Å². The molecule has 0 bridgehead atoms. The number of benzene rings is 1. The van der Waals surface area contributed by atoms with Crippen molar-refractivity contribution < 1.29 is 26.4 Å². The SMILES string of the molecule is CC1CN(S(=O)(=O)c2ccc(C(=O)NCC(F)(F)F)cc2)CCN1. The zero-order chi connectivity index (χ0) is 18.0. The highest BCUT2D eigenvalue weighted by Crippen LogP contribution is 2.18. The van der Waals surface area contributed by atoms with Crippen molar-refractivity contribution in [2.75, 3.05) is 26.2 Å². The normalized spacial score (nSPS) is 19.9. The number of hydrogen-bond donors (Lipinski definition) is 2. The average molecular weight is 365 g/mol. The third-order valence-corrected chi connectivity index (χ3v) is 5.41. The van der Waals surface area contributed by atoms with Crippen molar-refractivity contribution in [1.82, 2.24) is 14.9 Å². The van der Waals surface area contributed by atoms with Crippen LogP contribution in [0.15, 0.2) is 29.2 Å². The monoisotopic (exact) mass is 365 g/mol. The topological polar surface area (TPSA) is 78.5 Å². The third-order valence-electron chi connectivity index (χ3n) is 3.54. The van der Waals surface area contributed by atoms with Crippen LogP contribution < -0.4 is 10.6 Å². The van der Waals surface area contributed by atoms with Crippen LogP contribution in [-0.4, -0.2) is 57.0 Å². The van der Waals surface area contributed by atoms with Crippen molar-refractivity contribution in [3.05, 3.63) is 29.8 Å². The van der Waals surface area contributed by atoms with Crippen LogP contribution in [-0.2, 0) is 10.0 Å². The summed E-state index contributed by atoms with van der Waals surface area (Å²) in [7, 11) is -3.69. The van der Waals surface area contributed by atoms with E-state index in [1.807, 2.05) is 6.92 Å². The molecular weight excluding hydrogens is 347 g/mol. The largest absolute Gasteiger partial charge is 0.405 e. The van der Waals surface area contributed by atoms with Crippen LogP contribution in [0.1, 0.15) is 17.3 Å². The summed E-state index contributed by atoms with van der Waals surface area (Å²) in [5, 5.41) is 4.87. The quantitative estimate of drug-likeness (QED) is 0.833. The van der Waals surface area contributed by atoms with Gasteiger partial charge in [-0.15, -0.1) is 0 Å². The molecule has 6 nitrogen and oxygen atoms in total. The lowest BCUT2D eigenvalue weighted by Crippen LogP contribution is -2.51. The maximum absolute atomic E-state index is 12.5. The minimum atomic E-state index is -4.50. The molecule has 1 saturated heterocycles. The van der Waals surface area contributed by atoms with Crippen LogP contribution in [0, 0.1) is 0 Å². The van der Waals surface area contributed by atoms with E-state index in [0.29, 0.717) is 19.6 Å². The summed E-state index contributed by atoms with van der Waals surface area (Å²) in [6.07, 6.45) is -4.50. The first-order chi connectivity index (χ1) is 11.1. The van der Waals surface area contributed by atoms with Gasteiger partial charge < -0.3 is 10.6 Å². The fraction of sp³-hybridized carbons (Fsp3) is 0.500. The van der Waals surface area contributed by atoms with Crippen molar-refractivity contribution >= 4 is 15.9 Å². The lowest BCUT2D eigenvalue weighted by Gasteiger charge is -2.31. The smallest absolute Gasteiger partial charge is 0.343 e. The molecule has 134 valence electrons. The van der Waals surface area contributed by atoms with Gasteiger partial charge in [0.05, 0.1) is 4.90 Å². The Morgan fingerprint density at radius 3 is 2.50 bits per heavy atom. The second-order valence-electron chi connectivity index (χ2n) is 5.54. The number of sulfonamides is 1. The number of carbonyl (C=O) groups is 1. The van der Waals surface area contributed by atoms with Crippen LogP contribution in [0.3, 0.4) is 0 Å². The molecule has 1 amide bonds. The van der Waals surface area contributed by atoms with Crippen molar-refractivity contribution in [1.29, 1.82) is 0 Å². The number of nitrogens with zero attached hydrogens (tertiary/aromatic N) is 1. The van der Waals surface area contributed by atoms with E-state index in [0.717, 1.165) is 0 Å². The number of piperazine rings is 1. The predicted molar refractivity (Wildman–Crippen MR) is 81.1 cm³/mol. The maximum Gasteiger partial charge on any atom is 0.405 e. The summed E-state index contributed by atoms with van der Waals surface area (Å²) >= 11 is 0. The van der Waals surface area contributed by atoms with Gasteiger partial charge in [0.1, 0.15) is 6.54 Å². The number of rotatable bonds is 4. The van der Waals surface area contributed by atoms with E-state index in [4.69, 9.17) is 0 Å². The van der Waals surface area contributed by atoms with Crippen molar-refractivity contribution in [2.45, 2.75) is 24.0 Å². The Bertz CT molecular complexity index is 689. The van der Waals surface area contributed by atoms with Gasteiger partial charge in [0.25, 0.3) is 5.91 Å². The molecule has 1 fully saturated rings. The summed E-state index contributed by atoms with van der Waals surface area (Å²) in [5.41, 5.74) is -0.0353. The fourth-order valence-corrected chi connectivity index (χ4v) is 3.85. The average Bonchev–Trinajstić information content (AvgIpc) is 2.52. The van der Waals surface area contributed by atoms with E-state index in [1.54, 1.807) is 5.32 Å². The highest BCUT2D eigenvalue weighted by Gasteiger charge is 2.29. The summed E-state index contributed by atoms with van der Waals surface area (Å²) in [6, 6.07) is 4.88. The fourth-order valence-electron chi connectivity index (χ4n) is 2.33. The van der Waals surface area contributed by atoms with Crippen molar-refractivity contribution in [3.63, 3.8) is 0 Å². The van der Waals surface area contributed by atoms with Crippen LogP contribution in [0.2, 0.25) is 0 Å². The van der Waals surface area contributed by atoms with Gasteiger partial charge in [-0.1, -0.05) is 0 Å². The number of nitrogens with one attached hydrogen (secondary N) is 2. The van der Waals surface area contributed by atoms with Gasteiger partial charge in [0.2, 0.25) is 10.0 Å². The van der Waals surface area contributed by atoms with Crippen molar-refractivity contribution in [2.24, 2.45) is 0 Å². The van der Waals surface area contributed by atoms with Gasteiger partial charge in [0.15, 0.2) is 0 Å². The Morgan fingerprint density at radius 2 is 1.96 bits per heavy atom. The molecule has 0 saturated carbocycles. The van der Waals surface area contributed by atoms with E-state index in [2.05, 4.69) is 5.32 Å². The third kappa shape index (κ3) is 4.68. The maximum atomic E-state index is 12.5. The van der Waals surface area contributed by atoms with E-state index in [-0.39, 0.29) is 16.5 Å². The van der Waals surface area contributed by atoms with Crippen LogP contribution in [0.4, 0.5) is 13.2 Å². The molecule has 1 aromatic rings. The molecular formula is C14H18F3N3O3S. The molecule has 1 aromatic carbocycles. The lowest BCUT2D eigenvalue weighted by atomic mass is 10.2. The second-order valence-corrected chi connectivity index (χ2v) is 7.48. The van der Waals surface area contributed by atoms with Crippen molar-refractivity contribution in [3.8, 4) is 0 Å². The molecule has 1 unspecified atom stereocenters. The van der Waals surface area contributed by atoms with Gasteiger partial charge in [0, 0.05) is 31.2 Å². The molecule has 0 radical (unpaired) electrons. The molecule has 1 aliphatic rings. The molecule has 24 heavy (non-hydrogen) atoms. The van der Waals surface area contributed by atoms with E-state index in [9.17, 15) is 26.4 Å². The Kier molecular flexibility index (Phi) is 5.51. The number of alkyl halides is 3. The molecule has 0 spiro atoms. The number of hydrogen-bond acceptors (Lipinski definition) is 4. The Morgan fingerprint density at radius 1 is 1.33 bits per heavy atom. The standard InChI is InChI=1S/C14H18F3N3O3S/c1-10-8-20(7-6-18-10)24(22,23)12-4-2-11(3-5-12)13(21)19-9-14(15,16)17/h2-5,10,18H,6-9H2,1H3,(H,19,21). The minimum absolute atomic E-state index is 0.00368. The van der Waals surface area contributed by atoms with Crippen LogP contribution in [0.5, 0.6) is 0 Å². The second kappa shape index (κ2) is 7.08. The van der Waals surface area contributed by atoms with Crippen LogP contribution in [0.25, 0.3) is 0 Å². The number of amides is 1.